The smallest absolute Gasteiger partial charge is 0.417 e. The van der Waals surface area contributed by atoms with E-state index in [9.17, 15) is 31.2 Å². The summed E-state index contributed by atoms with van der Waals surface area (Å²) in [6.45, 7) is 2.64. The number of rotatable bonds is 5. The van der Waals surface area contributed by atoms with Crippen molar-refractivity contribution in [1.29, 1.82) is 5.26 Å². The van der Waals surface area contributed by atoms with Crippen molar-refractivity contribution in [3.8, 4) is 11.8 Å². The van der Waals surface area contributed by atoms with E-state index in [0.717, 1.165) is 31.4 Å². The van der Waals surface area contributed by atoms with Crippen molar-refractivity contribution >= 4 is 21.9 Å². The highest BCUT2D eigenvalue weighted by Crippen LogP contribution is 2.39. The molecule has 1 amide bonds. The monoisotopic (exact) mass is 486 g/mol. The van der Waals surface area contributed by atoms with Crippen LogP contribution in [0.3, 0.4) is 0 Å². The summed E-state index contributed by atoms with van der Waals surface area (Å²) in [5.74, 6) is -2.72. The molecule has 13 heteroatoms. The molecule has 2 heterocycles. The van der Waals surface area contributed by atoms with E-state index in [1.165, 1.54) is 19.9 Å². The van der Waals surface area contributed by atoms with E-state index in [1.54, 1.807) is 0 Å². The molecular formula is C20H17F3N2O7S. The highest BCUT2D eigenvalue weighted by Gasteiger charge is 2.53. The van der Waals surface area contributed by atoms with Crippen LogP contribution in [0, 0.1) is 16.7 Å². The Bertz CT molecular complexity index is 1260. The molecule has 1 unspecified atom stereocenters. The Balaban J connectivity index is 1.93. The Morgan fingerprint density at radius 2 is 1.94 bits per heavy atom. The van der Waals surface area contributed by atoms with Gasteiger partial charge in [0, 0.05) is 12.0 Å². The average Bonchev–Trinajstić information content (AvgIpc) is 3.32. The number of nitrogens with zero attached hydrogens (tertiary/aromatic N) is 2. The van der Waals surface area contributed by atoms with Gasteiger partial charge in [-0.3, -0.25) is 4.79 Å². The molecule has 1 aromatic heterocycles. The fourth-order valence-corrected chi connectivity index (χ4v) is 4.74. The lowest BCUT2D eigenvalue weighted by atomic mass is 9.89. The van der Waals surface area contributed by atoms with Crippen molar-refractivity contribution in [2.75, 3.05) is 13.7 Å². The second-order valence-electron chi connectivity index (χ2n) is 7.76. The molecule has 1 saturated heterocycles. The third kappa shape index (κ3) is 4.38. The maximum absolute atomic E-state index is 13.2. The van der Waals surface area contributed by atoms with Gasteiger partial charge in [0.2, 0.25) is 10.9 Å². The number of carbonyl (C=O) groups is 2. The number of ether oxygens (including phenoxy) is 2. The SMILES string of the molecule is COC(=O)c1ccc(S(=O)(=O)N2CC(C)(C)C(Oc3ccc(C#N)c(C(F)(F)F)c3)C2=O)o1. The van der Waals surface area contributed by atoms with Gasteiger partial charge < -0.3 is 13.9 Å². The van der Waals surface area contributed by atoms with Crippen molar-refractivity contribution in [3.05, 3.63) is 47.2 Å². The number of esters is 1. The van der Waals surface area contributed by atoms with Crippen LogP contribution in [0.15, 0.2) is 39.8 Å². The van der Waals surface area contributed by atoms with Crippen LogP contribution in [0.25, 0.3) is 0 Å². The van der Waals surface area contributed by atoms with Gasteiger partial charge in [0.15, 0.2) is 6.10 Å². The van der Waals surface area contributed by atoms with Gasteiger partial charge in [0.25, 0.3) is 15.9 Å². The number of sulfonamides is 1. The van der Waals surface area contributed by atoms with Crippen LogP contribution in [0.1, 0.15) is 35.5 Å². The average molecular weight is 486 g/mol. The molecule has 1 aliphatic rings. The zero-order valence-corrected chi connectivity index (χ0v) is 18.3. The molecule has 0 bridgehead atoms. The molecule has 1 aliphatic heterocycles. The molecular weight excluding hydrogens is 469 g/mol. The summed E-state index contributed by atoms with van der Waals surface area (Å²) in [6.07, 6.45) is -6.30. The van der Waals surface area contributed by atoms with Crippen molar-refractivity contribution in [2.24, 2.45) is 5.41 Å². The predicted molar refractivity (Wildman–Crippen MR) is 103 cm³/mol. The largest absolute Gasteiger partial charge is 0.480 e. The number of hydrogen-bond donors (Lipinski definition) is 0. The first-order valence-electron chi connectivity index (χ1n) is 9.25. The van der Waals surface area contributed by atoms with E-state index in [-0.39, 0.29) is 12.3 Å². The van der Waals surface area contributed by atoms with Crippen LogP contribution in [-0.4, -0.2) is 44.4 Å². The summed E-state index contributed by atoms with van der Waals surface area (Å²) in [7, 11) is -3.47. The summed E-state index contributed by atoms with van der Waals surface area (Å²) >= 11 is 0. The van der Waals surface area contributed by atoms with Gasteiger partial charge in [-0.15, -0.1) is 0 Å². The maximum Gasteiger partial charge on any atom is 0.417 e. The lowest BCUT2D eigenvalue weighted by molar-refractivity contribution is -0.137. The van der Waals surface area contributed by atoms with Gasteiger partial charge in [-0.1, -0.05) is 13.8 Å². The van der Waals surface area contributed by atoms with Crippen LogP contribution in [0.5, 0.6) is 5.75 Å². The molecule has 33 heavy (non-hydrogen) atoms. The lowest BCUT2D eigenvalue weighted by Crippen LogP contribution is -2.38. The highest BCUT2D eigenvalue weighted by molar-refractivity contribution is 7.89. The standard InChI is InChI=1S/C20H17F3N2O7S/c1-19(2)10-25(33(28,29)15-7-6-14(32-15)18(27)30-3)17(26)16(19)31-12-5-4-11(9-24)13(8-12)20(21,22)23/h4-8,16H,10H2,1-3H3. The summed E-state index contributed by atoms with van der Waals surface area (Å²) in [5.41, 5.74) is -3.02. The number of hydrogen-bond acceptors (Lipinski definition) is 8. The van der Waals surface area contributed by atoms with Crippen molar-refractivity contribution in [3.63, 3.8) is 0 Å². The van der Waals surface area contributed by atoms with Crippen LogP contribution < -0.4 is 4.74 Å². The maximum atomic E-state index is 13.2. The molecule has 1 atom stereocenters. The summed E-state index contributed by atoms with van der Waals surface area (Å²) in [5, 5.41) is 8.22. The Morgan fingerprint density at radius 1 is 1.27 bits per heavy atom. The Hall–Kier alpha value is -3.53. The molecule has 2 aromatic rings. The van der Waals surface area contributed by atoms with Crippen LogP contribution in [0.4, 0.5) is 13.2 Å². The zero-order valence-electron chi connectivity index (χ0n) is 17.5. The predicted octanol–water partition coefficient (Wildman–Crippen LogP) is 2.96. The molecule has 1 aromatic carbocycles. The molecule has 0 N–H and O–H groups in total. The number of halogens is 3. The molecule has 176 valence electrons. The molecule has 0 radical (unpaired) electrons. The number of nitriles is 1. The van der Waals surface area contributed by atoms with Gasteiger partial charge in [0.1, 0.15) is 5.75 Å². The fourth-order valence-electron chi connectivity index (χ4n) is 3.25. The quantitative estimate of drug-likeness (QED) is 0.591. The van der Waals surface area contributed by atoms with Gasteiger partial charge in [-0.25, -0.2) is 9.10 Å². The number of benzene rings is 1. The normalized spacial score (nSPS) is 18.2. The van der Waals surface area contributed by atoms with Gasteiger partial charge >= 0.3 is 12.1 Å². The highest BCUT2D eigenvalue weighted by atomic mass is 32.2. The van der Waals surface area contributed by atoms with Crippen LogP contribution in [0.2, 0.25) is 0 Å². The van der Waals surface area contributed by atoms with E-state index in [0.29, 0.717) is 10.4 Å². The third-order valence-corrected chi connectivity index (χ3v) is 6.53. The topological polar surface area (TPSA) is 127 Å². The number of alkyl halides is 3. The summed E-state index contributed by atoms with van der Waals surface area (Å²) in [4.78, 5) is 24.5. The van der Waals surface area contributed by atoms with Gasteiger partial charge in [-0.2, -0.15) is 26.9 Å². The van der Waals surface area contributed by atoms with Crippen molar-refractivity contribution in [2.45, 2.75) is 31.2 Å². The minimum atomic E-state index is -4.84. The van der Waals surface area contributed by atoms with Gasteiger partial charge in [0.05, 0.1) is 24.3 Å². The first-order chi connectivity index (χ1) is 15.2. The number of amides is 1. The number of methoxy groups -OCH3 is 1. The molecule has 1 fully saturated rings. The second kappa shape index (κ2) is 8.11. The molecule has 9 nitrogen and oxygen atoms in total. The minimum Gasteiger partial charge on any atom is -0.480 e. The van der Waals surface area contributed by atoms with Gasteiger partial charge in [-0.05, 0) is 30.3 Å². The Labute approximate surface area is 186 Å². The van der Waals surface area contributed by atoms with E-state index < -0.39 is 61.6 Å². The van der Waals surface area contributed by atoms with Crippen LogP contribution in [-0.2, 0) is 25.7 Å². The first kappa shape index (κ1) is 24.1. The van der Waals surface area contributed by atoms with Crippen LogP contribution >= 0.6 is 0 Å². The fraction of sp³-hybridized carbons (Fsp3) is 0.350. The summed E-state index contributed by atoms with van der Waals surface area (Å²) < 4.78 is 81.0. The number of carbonyl (C=O) groups excluding carboxylic acids is 2. The Morgan fingerprint density at radius 3 is 2.52 bits per heavy atom. The van der Waals surface area contributed by atoms with E-state index >= 15 is 0 Å². The van der Waals surface area contributed by atoms with Crippen molar-refractivity contribution in [1.82, 2.24) is 4.31 Å². The second-order valence-corrected chi connectivity index (χ2v) is 9.56. The Kier molecular flexibility index (Phi) is 5.93. The van der Waals surface area contributed by atoms with E-state index in [4.69, 9.17) is 14.4 Å². The van der Waals surface area contributed by atoms with E-state index in [2.05, 4.69) is 4.74 Å². The first-order valence-corrected chi connectivity index (χ1v) is 10.7. The number of furan rings is 1. The zero-order chi connectivity index (χ0) is 24.8. The molecule has 0 saturated carbocycles. The van der Waals surface area contributed by atoms with Crippen molar-refractivity contribution < 1.29 is 45.1 Å². The van der Waals surface area contributed by atoms with E-state index in [1.807, 2.05) is 0 Å². The molecule has 3 rings (SSSR count). The third-order valence-electron chi connectivity index (χ3n) is 4.91. The summed E-state index contributed by atoms with van der Waals surface area (Å²) in [6, 6.07) is 6.04. The molecule has 0 aliphatic carbocycles. The minimum absolute atomic E-state index is 0.363. The lowest BCUT2D eigenvalue weighted by Gasteiger charge is -2.24. The molecule has 0 spiro atoms.